The van der Waals surface area contributed by atoms with Crippen LogP contribution in [0.1, 0.15) is 37.2 Å². The van der Waals surface area contributed by atoms with Crippen molar-refractivity contribution in [3.63, 3.8) is 0 Å². The molecule has 1 aliphatic heterocycles. The molecule has 2 aliphatic rings. The van der Waals surface area contributed by atoms with Gasteiger partial charge in [0.2, 0.25) is 0 Å². The number of fused-ring (bicyclic) bond motifs is 1. The largest absolute Gasteiger partial charge is 0.348 e. The van der Waals surface area contributed by atoms with E-state index in [0.29, 0.717) is 24.6 Å². The highest BCUT2D eigenvalue weighted by Gasteiger charge is 2.40. The van der Waals surface area contributed by atoms with E-state index < -0.39 is 0 Å². The van der Waals surface area contributed by atoms with Gasteiger partial charge in [0.1, 0.15) is 11.3 Å². The Morgan fingerprint density at radius 2 is 1.86 bits per heavy atom. The second-order valence-electron chi connectivity index (χ2n) is 5.92. The molecule has 1 saturated heterocycles. The normalized spacial score (nSPS) is 22.1. The maximum Gasteiger partial charge on any atom is 0.168 e. The molecular weight excluding hydrogens is 269 g/mol. The van der Waals surface area contributed by atoms with Gasteiger partial charge >= 0.3 is 0 Å². The highest BCUT2D eigenvalue weighted by Crippen LogP contribution is 2.43. The van der Waals surface area contributed by atoms with Crippen molar-refractivity contribution in [1.82, 2.24) is 4.98 Å². The quantitative estimate of drug-likeness (QED) is 0.800. The Morgan fingerprint density at radius 3 is 2.62 bits per heavy atom. The van der Waals surface area contributed by atoms with Crippen molar-refractivity contribution in [1.29, 1.82) is 0 Å². The fraction of sp³-hybridized carbons (Fsp3) is 0.471. The van der Waals surface area contributed by atoms with Gasteiger partial charge in [-0.15, -0.1) is 0 Å². The van der Waals surface area contributed by atoms with Gasteiger partial charge in [-0.2, -0.15) is 0 Å². The molecule has 110 valence electrons. The van der Waals surface area contributed by atoms with Crippen LogP contribution in [0.5, 0.6) is 0 Å². The van der Waals surface area contributed by atoms with E-state index in [1.165, 1.54) is 11.6 Å². The predicted octanol–water partition coefficient (Wildman–Crippen LogP) is 3.77. The summed E-state index contributed by atoms with van der Waals surface area (Å²) in [6, 6.07) is 7.22. The van der Waals surface area contributed by atoms with Crippen LogP contribution < -0.4 is 0 Å². The van der Waals surface area contributed by atoms with Gasteiger partial charge in [0.05, 0.1) is 13.2 Å². The third-order valence-corrected chi connectivity index (χ3v) is 4.76. The zero-order chi connectivity index (χ0) is 14.3. The van der Waals surface area contributed by atoms with Crippen LogP contribution in [0.15, 0.2) is 30.5 Å². The molecular formula is C17H18FNO2. The molecule has 4 heteroatoms. The first-order chi connectivity index (χ1) is 10.3. The number of hydrogen-bond donors (Lipinski definition) is 0. The maximum absolute atomic E-state index is 13.9. The number of pyridine rings is 1. The Bertz CT molecular complexity index is 657. The van der Waals surface area contributed by atoms with Gasteiger partial charge in [0.25, 0.3) is 0 Å². The lowest BCUT2D eigenvalue weighted by Gasteiger charge is -2.35. The van der Waals surface area contributed by atoms with Crippen molar-refractivity contribution in [2.45, 2.75) is 37.4 Å². The molecule has 2 heterocycles. The number of rotatable bonds is 1. The number of halogens is 1. The van der Waals surface area contributed by atoms with Crippen LogP contribution in [0.3, 0.4) is 0 Å². The van der Waals surface area contributed by atoms with E-state index in [2.05, 4.69) is 4.98 Å². The highest BCUT2D eigenvalue weighted by molar-refractivity contribution is 5.83. The van der Waals surface area contributed by atoms with Crippen molar-refractivity contribution in [2.24, 2.45) is 0 Å². The second-order valence-corrected chi connectivity index (χ2v) is 5.92. The molecule has 2 aromatic rings. The summed E-state index contributed by atoms with van der Waals surface area (Å²) in [6.45, 7) is 1.40. The molecule has 0 N–H and O–H groups in total. The Kier molecular flexibility index (Phi) is 3.16. The third kappa shape index (κ3) is 2.23. The Labute approximate surface area is 123 Å². The van der Waals surface area contributed by atoms with Crippen LogP contribution in [0.2, 0.25) is 0 Å². The first-order valence-electron chi connectivity index (χ1n) is 7.58. The molecule has 1 aromatic carbocycles. The number of nitrogens with zero attached hydrogens (tertiary/aromatic N) is 1. The summed E-state index contributed by atoms with van der Waals surface area (Å²) in [4.78, 5) is 4.18. The summed E-state index contributed by atoms with van der Waals surface area (Å²) in [5, 5.41) is 0.937. The zero-order valence-electron chi connectivity index (χ0n) is 11.8. The van der Waals surface area contributed by atoms with Crippen LogP contribution in [0.4, 0.5) is 4.39 Å². The van der Waals surface area contributed by atoms with E-state index in [-0.39, 0.29) is 11.6 Å². The van der Waals surface area contributed by atoms with E-state index in [9.17, 15) is 4.39 Å². The first kappa shape index (κ1) is 13.2. The van der Waals surface area contributed by atoms with Crippen LogP contribution in [-0.4, -0.2) is 24.0 Å². The smallest absolute Gasteiger partial charge is 0.168 e. The third-order valence-electron chi connectivity index (χ3n) is 4.76. The molecule has 0 amide bonds. The first-order valence-corrected chi connectivity index (χ1v) is 7.58. The van der Waals surface area contributed by atoms with Gasteiger partial charge in [-0.05, 0) is 36.5 Å². The summed E-state index contributed by atoms with van der Waals surface area (Å²) < 4.78 is 25.4. The number of para-hydroxylation sites is 1. The van der Waals surface area contributed by atoms with Gasteiger partial charge < -0.3 is 9.47 Å². The molecule has 2 fully saturated rings. The fourth-order valence-corrected chi connectivity index (χ4v) is 3.67. The maximum atomic E-state index is 13.9. The fourth-order valence-electron chi connectivity index (χ4n) is 3.67. The Balaban J connectivity index is 1.64. The zero-order valence-corrected chi connectivity index (χ0v) is 11.8. The molecule has 4 rings (SSSR count). The van der Waals surface area contributed by atoms with Crippen LogP contribution in [0, 0.1) is 5.82 Å². The summed E-state index contributed by atoms with van der Waals surface area (Å²) in [6.07, 6.45) is 5.56. The van der Waals surface area contributed by atoms with Crippen molar-refractivity contribution in [2.75, 3.05) is 13.2 Å². The predicted molar refractivity (Wildman–Crippen MR) is 77.5 cm³/mol. The minimum Gasteiger partial charge on any atom is -0.348 e. The van der Waals surface area contributed by atoms with Crippen molar-refractivity contribution in [3.05, 3.63) is 41.8 Å². The summed E-state index contributed by atoms with van der Waals surface area (Å²) in [5.41, 5.74) is 1.68. The number of benzene rings is 1. The van der Waals surface area contributed by atoms with Crippen molar-refractivity contribution in [3.8, 4) is 0 Å². The molecule has 0 bridgehead atoms. The number of aromatic nitrogens is 1. The molecule has 1 aromatic heterocycles. The van der Waals surface area contributed by atoms with Crippen LogP contribution in [-0.2, 0) is 9.47 Å². The second kappa shape index (κ2) is 5.04. The Morgan fingerprint density at radius 1 is 1.10 bits per heavy atom. The average molecular weight is 287 g/mol. The van der Waals surface area contributed by atoms with Gasteiger partial charge in [0.15, 0.2) is 5.79 Å². The lowest BCUT2D eigenvalue weighted by Crippen LogP contribution is -2.34. The molecule has 1 aliphatic carbocycles. The summed E-state index contributed by atoms with van der Waals surface area (Å²) >= 11 is 0. The lowest BCUT2D eigenvalue weighted by molar-refractivity contribution is -0.178. The highest BCUT2D eigenvalue weighted by atomic mass is 19.1. The standard InChI is InChI=1S/C17H18FNO2/c18-15-3-1-2-14-13(6-9-19-16(14)15)12-4-7-17(8-5-12)20-10-11-21-17/h1-3,6,9,12H,4-5,7-8,10-11H2. The van der Waals surface area contributed by atoms with Crippen LogP contribution in [0.25, 0.3) is 10.9 Å². The lowest BCUT2D eigenvalue weighted by atomic mass is 9.80. The number of hydrogen-bond acceptors (Lipinski definition) is 3. The van der Waals surface area contributed by atoms with Crippen molar-refractivity contribution < 1.29 is 13.9 Å². The molecule has 0 unspecified atom stereocenters. The SMILES string of the molecule is Fc1cccc2c(C3CCC4(CC3)OCCO4)ccnc12. The van der Waals surface area contributed by atoms with E-state index in [1.807, 2.05) is 12.1 Å². The molecule has 1 spiro atoms. The molecule has 3 nitrogen and oxygen atoms in total. The topological polar surface area (TPSA) is 31.4 Å². The van der Waals surface area contributed by atoms with Gasteiger partial charge in [0, 0.05) is 24.4 Å². The molecule has 1 saturated carbocycles. The number of ether oxygens (including phenoxy) is 2. The van der Waals surface area contributed by atoms with E-state index >= 15 is 0 Å². The van der Waals surface area contributed by atoms with Crippen LogP contribution >= 0.6 is 0 Å². The average Bonchev–Trinajstić information content (AvgIpc) is 2.97. The van der Waals surface area contributed by atoms with E-state index in [0.717, 1.165) is 31.1 Å². The summed E-state index contributed by atoms with van der Waals surface area (Å²) in [5.74, 6) is -0.162. The Hall–Kier alpha value is -1.52. The van der Waals surface area contributed by atoms with Crippen molar-refractivity contribution >= 4 is 10.9 Å². The van der Waals surface area contributed by atoms with Gasteiger partial charge in [-0.1, -0.05) is 12.1 Å². The van der Waals surface area contributed by atoms with E-state index in [4.69, 9.17) is 9.47 Å². The van der Waals surface area contributed by atoms with E-state index in [1.54, 1.807) is 12.3 Å². The molecule has 0 atom stereocenters. The summed E-state index contributed by atoms with van der Waals surface area (Å²) in [7, 11) is 0. The molecule has 0 radical (unpaired) electrons. The monoisotopic (exact) mass is 287 g/mol. The van der Waals surface area contributed by atoms with Gasteiger partial charge in [-0.25, -0.2) is 4.39 Å². The minimum absolute atomic E-state index is 0.246. The van der Waals surface area contributed by atoms with Gasteiger partial charge in [-0.3, -0.25) is 4.98 Å². The molecule has 21 heavy (non-hydrogen) atoms. The minimum atomic E-state index is -0.343.